The summed E-state index contributed by atoms with van der Waals surface area (Å²) in [5, 5.41) is 0. The molecule has 2 aromatic rings. The zero-order valence-corrected chi connectivity index (χ0v) is 14.9. The highest BCUT2D eigenvalue weighted by Crippen LogP contribution is 2.19. The molecule has 0 radical (unpaired) electrons. The van der Waals surface area contributed by atoms with E-state index in [-0.39, 0.29) is 24.0 Å². The fourth-order valence-electron chi connectivity index (χ4n) is 2.68. The molecule has 1 aromatic heterocycles. The molecule has 7 heteroatoms. The van der Waals surface area contributed by atoms with Gasteiger partial charge >= 0.3 is 5.69 Å². The lowest BCUT2D eigenvalue weighted by molar-refractivity contribution is -0.116. The molecule has 0 spiro atoms. The van der Waals surface area contributed by atoms with Crippen molar-refractivity contribution in [2.45, 2.75) is 33.2 Å². The predicted octanol–water partition coefficient (Wildman–Crippen LogP) is 1.33. The number of carbonyl (C=O) groups is 1. The number of amides is 1. The topological polar surface area (TPSA) is 90.3 Å². The van der Waals surface area contributed by atoms with Gasteiger partial charge in [-0.3, -0.25) is 18.7 Å². The Balaban J connectivity index is 2.63. The summed E-state index contributed by atoms with van der Waals surface area (Å²) < 4.78 is 2.32. The van der Waals surface area contributed by atoms with E-state index in [1.54, 1.807) is 0 Å². The molecule has 0 atom stereocenters. The molecule has 1 heterocycles. The molecule has 0 aliphatic rings. The van der Waals surface area contributed by atoms with Crippen LogP contribution in [0.5, 0.6) is 0 Å². The molecule has 0 saturated carbocycles. The lowest BCUT2D eigenvalue weighted by Gasteiger charge is -2.24. The van der Waals surface area contributed by atoms with Crippen molar-refractivity contribution >= 4 is 17.4 Å². The zero-order valence-electron chi connectivity index (χ0n) is 14.9. The first-order valence-electron chi connectivity index (χ1n) is 8.29. The number of nitrogen functional groups attached to an aromatic ring is 1. The van der Waals surface area contributed by atoms with Crippen LogP contribution < -0.4 is 21.9 Å². The highest BCUT2D eigenvalue weighted by Gasteiger charge is 2.23. The van der Waals surface area contributed by atoms with E-state index >= 15 is 0 Å². The number of nitrogens with two attached hydrogens (primary N) is 1. The minimum absolute atomic E-state index is 0.0169. The Morgan fingerprint density at radius 1 is 1.20 bits per heavy atom. The molecule has 2 rings (SSSR count). The summed E-state index contributed by atoms with van der Waals surface area (Å²) in [6.07, 6.45) is 1.60. The van der Waals surface area contributed by atoms with Crippen molar-refractivity contribution in [2.75, 3.05) is 17.2 Å². The summed E-state index contributed by atoms with van der Waals surface area (Å²) in [4.78, 5) is 38.5. The van der Waals surface area contributed by atoms with Gasteiger partial charge in [-0.2, -0.15) is 0 Å². The third kappa shape index (κ3) is 3.81. The molecule has 0 saturated heterocycles. The molecule has 2 N–H and O–H groups in total. The van der Waals surface area contributed by atoms with Crippen molar-refractivity contribution in [3.63, 3.8) is 0 Å². The Hall–Kier alpha value is -2.83. The first-order valence-corrected chi connectivity index (χ1v) is 8.29. The average Bonchev–Trinajstić information content (AvgIpc) is 2.60. The molecule has 25 heavy (non-hydrogen) atoms. The summed E-state index contributed by atoms with van der Waals surface area (Å²) in [6.45, 7) is 4.00. The maximum atomic E-state index is 12.6. The van der Waals surface area contributed by atoms with Crippen LogP contribution in [0.3, 0.4) is 0 Å². The van der Waals surface area contributed by atoms with Gasteiger partial charge in [-0.25, -0.2) is 4.79 Å². The molecule has 7 nitrogen and oxygen atoms in total. The van der Waals surface area contributed by atoms with Gasteiger partial charge in [-0.05, 0) is 12.0 Å². The van der Waals surface area contributed by atoms with Gasteiger partial charge in [0.2, 0.25) is 5.91 Å². The quantitative estimate of drug-likeness (QED) is 0.856. The van der Waals surface area contributed by atoms with Gasteiger partial charge in [-0.15, -0.1) is 0 Å². The maximum absolute atomic E-state index is 12.6. The SMILES string of the molecule is CCCCN(C(C)=O)c1c(N)n(Cc2ccccc2)c(=O)n(C)c1=O. The first kappa shape index (κ1) is 18.5. The van der Waals surface area contributed by atoms with Gasteiger partial charge in [0.25, 0.3) is 5.56 Å². The molecule has 1 amide bonds. The van der Waals surface area contributed by atoms with E-state index in [0.717, 1.165) is 23.0 Å². The number of anilines is 2. The molecule has 134 valence electrons. The first-order chi connectivity index (χ1) is 11.9. The van der Waals surface area contributed by atoms with Crippen LogP contribution in [0.2, 0.25) is 0 Å². The predicted molar refractivity (Wildman–Crippen MR) is 98.8 cm³/mol. The molecule has 0 aliphatic carbocycles. The lowest BCUT2D eigenvalue weighted by Crippen LogP contribution is -2.45. The fraction of sp³-hybridized carbons (Fsp3) is 0.389. The van der Waals surface area contributed by atoms with Crippen molar-refractivity contribution in [3.05, 3.63) is 56.7 Å². The molecule has 0 aliphatic heterocycles. The van der Waals surface area contributed by atoms with E-state index in [9.17, 15) is 14.4 Å². The van der Waals surface area contributed by atoms with E-state index in [0.29, 0.717) is 6.54 Å². The zero-order chi connectivity index (χ0) is 18.6. The summed E-state index contributed by atoms with van der Waals surface area (Å²) in [5.41, 5.74) is 6.05. The summed E-state index contributed by atoms with van der Waals surface area (Å²) in [6, 6.07) is 9.35. The second-order valence-electron chi connectivity index (χ2n) is 5.98. The van der Waals surface area contributed by atoms with Crippen LogP contribution in [0.4, 0.5) is 11.5 Å². The normalized spacial score (nSPS) is 10.7. The Morgan fingerprint density at radius 3 is 2.40 bits per heavy atom. The number of unbranched alkanes of at least 4 members (excludes halogenated alkanes) is 1. The third-order valence-corrected chi connectivity index (χ3v) is 4.13. The third-order valence-electron chi connectivity index (χ3n) is 4.13. The van der Waals surface area contributed by atoms with Gasteiger partial charge in [-0.1, -0.05) is 43.7 Å². The number of rotatable bonds is 6. The van der Waals surface area contributed by atoms with Crippen LogP contribution in [0.1, 0.15) is 32.3 Å². The molecule has 0 bridgehead atoms. The van der Waals surface area contributed by atoms with Crippen molar-refractivity contribution in [2.24, 2.45) is 7.05 Å². The van der Waals surface area contributed by atoms with Crippen LogP contribution >= 0.6 is 0 Å². The van der Waals surface area contributed by atoms with Crippen molar-refractivity contribution in [1.29, 1.82) is 0 Å². The van der Waals surface area contributed by atoms with Crippen molar-refractivity contribution < 1.29 is 4.79 Å². The van der Waals surface area contributed by atoms with Crippen LogP contribution in [0.15, 0.2) is 39.9 Å². The van der Waals surface area contributed by atoms with Crippen molar-refractivity contribution in [1.82, 2.24) is 9.13 Å². The summed E-state index contributed by atoms with van der Waals surface area (Å²) in [7, 11) is 1.40. The standard InChI is InChI=1S/C18H24N4O3/c1-4-5-11-21(13(2)23)15-16(19)22(18(25)20(3)17(15)24)12-14-9-7-6-8-10-14/h6-10H,4-5,11-12,19H2,1-3H3. The second-order valence-corrected chi connectivity index (χ2v) is 5.98. The maximum Gasteiger partial charge on any atom is 0.332 e. The van der Waals surface area contributed by atoms with Crippen LogP contribution in [0.25, 0.3) is 0 Å². The Kier molecular flexibility index (Phi) is 5.80. The largest absolute Gasteiger partial charge is 0.383 e. The highest BCUT2D eigenvalue weighted by molar-refractivity contribution is 5.93. The Bertz CT molecular complexity index is 868. The number of benzene rings is 1. The van der Waals surface area contributed by atoms with Gasteiger partial charge in [0.05, 0.1) is 6.54 Å². The van der Waals surface area contributed by atoms with E-state index in [1.807, 2.05) is 37.3 Å². The molecule has 1 aromatic carbocycles. The highest BCUT2D eigenvalue weighted by atomic mass is 16.2. The van der Waals surface area contributed by atoms with Gasteiger partial charge in [0.15, 0.2) is 5.69 Å². The minimum atomic E-state index is -0.557. The molecule has 0 unspecified atom stereocenters. The van der Waals surface area contributed by atoms with Gasteiger partial charge < -0.3 is 10.6 Å². The number of nitrogens with zero attached hydrogens (tertiary/aromatic N) is 3. The van der Waals surface area contributed by atoms with Crippen LogP contribution in [0, 0.1) is 0 Å². The second kappa shape index (κ2) is 7.83. The van der Waals surface area contributed by atoms with Crippen molar-refractivity contribution in [3.8, 4) is 0 Å². The van der Waals surface area contributed by atoms with Crippen LogP contribution in [-0.2, 0) is 18.4 Å². The number of aromatic nitrogens is 2. The number of hydrogen-bond donors (Lipinski definition) is 1. The lowest BCUT2D eigenvalue weighted by atomic mass is 10.2. The summed E-state index contributed by atoms with van der Waals surface area (Å²) >= 11 is 0. The monoisotopic (exact) mass is 344 g/mol. The molecular formula is C18H24N4O3. The minimum Gasteiger partial charge on any atom is -0.383 e. The average molecular weight is 344 g/mol. The number of carbonyl (C=O) groups excluding carboxylic acids is 1. The smallest absolute Gasteiger partial charge is 0.332 e. The van der Waals surface area contributed by atoms with E-state index in [1.165, 1.54) is 23.4 Å². The van der Waals surface area contributed by atoms with E-state index < -0.39 is 11.2 Å². The summed E-state index contributed by atoms with van der Waals surface area (Å²) in [5.74, 6) is -0.259. The van der Waals surface area contributed by atoms with Gasteiger partial charge in [0, 0.05) is 20.5 Å². The molecule has 0 fully saturated rings. The van der Waals surface area contributed by atoms with E-state index in [4.69, 9.17) is 5.73 Å². The van der Waals surface area contributed by atoms with E-state index in [2.05, 4.69) is 0 Å². The Morgan fingerprint density at radius 2 is 1.84 bits per heavy atom. The molecular weight excluding hydrogens is 320 g/mol. The van der Waals surface area contributed by atoms with Gasteiger partial charge in [0.1, 0.15) is 5.82 Å². The van der Waals surface area contributed by atoms with Crippen LogP contribution in [-0.4, -0.2) is 21.6 Å². The fourth-order valence-corrected chi connectivity index (χ4v) is 2.68. The number of hydrogen-bond acceptors (Lipinski definition) is 4. The Labute approximate surface area is 146 Å².